The predicted molar refractivity (Wildman–Crippen MR) is 95.3 cm³/mol. The van der Waals surface area contributed by atoms with Crippen LogP contribution in [0.2, 0.25) is 0 Å². The zero-order valence-corrected chi connectivity index (χ0v) is 15.4. The minimum absolute atomic E-state index is 0.0993. The van der Waals surface area contributed by atoms with Crippen molar-refractivity contribution in [2.45, 2.75) is 58.2 Å². The summed E-state index contributed by atoms with van der Waals surface area (Å²) >= 11 is 0. The standard InChI is InChI=1S/C19H30N4O2/c1-13-9-14(2)23(21-13)11-17-10-22(7-8-25-17)12-18(24)20-19(15-3-4-15)16-5-6-16/h9,15-17,19H,3-8,10-12H2,1-2H3,(H,20,24)/t17-/m0/s1. The van der Waals surface area contributed by atoms with Crippen LogP contribution in [0.25, 0.3) is 0 Å². The molecule has 6 nitrogen and oxygen atoms in total. The molecular weight excluding hydrogens is 316 g/mol. The van der Waals surface area contributed by atoms with Crippen molar-refractivity contribution in [1.82, 2.24) is 20.0 Å². The van der Waals surface area contributed by atoms with Gasteiger partial charge in [-0.05, 0) is 57.4 Å². The van der Waals surface area contributed by atoms with E-state index in [4.69, 9.17) is 4.74 Å². The highest BCUT2D eigenvalue weighted by Gasteiger charge is 2.42. The highest BCUT2D eigenvalue weighted by atomic mass is 16.5. The Morgan fingerprint density at radius 3 is 2.64 bits per heavy atom. The fraction of sp³-hybridized carbons (Fsp3) is 0.789. The molecule has 1 aromatic rings. The quantitative estimate of drug-likeness (QED) is 0.813. The number of carbonyl (C=O) groups is 1. The van der Waals surface area contributed by atoms with Gasteiger partial charge in [-0.15, -0.1) is 0 Å². The number of ether oxygens (including phenoxy) is 1. The molecule has 1 aliphatic heterocycles. The van der Waals surface area contributed by atoms with Crippen LogP contribution in [-0.2, 0) is 16.1 Å². The summed E-state index contributed by atoms with van der Waals surface area (Å²) in [6.07, 6.45) is 5.28. The second-order valence-corrected chi connectivity index (χ2v) is 8.11. The van der Waals surface area contributed by atoms with E-state index in [1.165, 1.54) is 25.7 Å². The SMILES string of the molecule is Cc1cc(C)n(C[C@@H]2CN(CC(=O)NC(C3CC3)C3CC3)CCO2)n1. The molecule has 3 aliphatic rings. The van der Waals surface area contributed by atoms with E-state index in [0.717, 1.165) is 42.9 Å². The van der Waals surface area contributed by atoms with Crippen molar-refractivity contribution >= 4 is 5.91 Å². The lowest BCUT2D eigenvalue weighted by Gasteiger charge is -2.33. The average Bonchev–Trinajstić information content (AvgIpc) is 3.46. The van der Waals surface area contributed by atoms with Gasteiger partial charge in [0.1, 0.15) is 0 Å². The van der Waals surface area contributed by atoms with Gasteiger partial charge in [-0.1, -0.05) is 0 Å². The van der Waals surface area contributed by atoms with Gasteiger partial charge in [-0.25, -0.2) is 0 Å². The summed E-state index contributed by atoms with van der Waals surface area (Å²) in [5.74, 6) is 1.69. The molecule has 2 aliphatic carbocycles. The van der Waals surface area contributed by atoms with E-state index < -0.39 is 0 Å². The van der Waals surface area contributed by atoms with E-state index in [0.29, 0.717) is 19.2 Å². The topological polar surface area (TPSA) is 59.4 Å². The van der Waals surface area contributed by atoms with Crippen molar-refractivity contribution in [3.8, 4) is 0 Å². The Morgan fingerprint density at radius 2 is 2.04 bits per heavy atom. The first-order chi connectivity index (χ1) is 12.1. The Morgan fingerprint density at radius 1 is 1.32 bits per heavy atom. The van der Waals surface area contributed by atoms with Crippen LogP contribution in [0, 0.1) is 25.7 Å². The van der Waals surface area contributed by atoms with Crippen LogP contribution in [0.4, 0.5) is 0 Å². The molecule has 4 rings (SSSR count). The maximum absolute atomic E-state index is 12.5. The highest BCUT2D eigenvalue weighted by molar-refractivity contribution is 5.78. The third kappa shape index (κ3) is 4.42. The molecule has 2 heterocycles. The second kappa shape index (κ2) is 7.08. The highest BCUT2D eigenvalue weighted by Crippen LogP contribution is 2.44. The molecule has 1 N–H and O–H groups in total. The first-order valence-corrected chi connectivity index (χ1v) is 9.73. The molecule has 1 atom stereocenters. The second-order valence-electron chi connectivity index (χ2n) is 8.11. The van der Waals surface area contributed by atoms with Gasteiger partial charge < -0.3 is 10.1 Å². The van der Waals surface area contributed by atoms with E-state index >= 15 is 0 Å². The maximum atomic E-state index is 12.5. The van der Waals surface area contributed by atoms with Gasteiger partial charge in [0.25, 0.3) is 0 Å². The van der Waals surface area contributed by atoms with Gasteiger partial charge in [-0.2, -0.15) is 5.10 Å². The smallest absolute Gasteiger partial charge is 0.234 e. The van der Waals surface area contributed by atoms with Crippen LogP contribution in [0.5, 0.6) is 0 Å². The van der Waals surface area contributed by atoms with Crippen LogP contribution in [0.3, 0.4) is 0 Å². The lowest BCUT2D eigenvalue weighted by atomic mass is 10.1. The number of amides is 1. The third-order valence-electron chi connectivity index (χ3n) is 5.66. The lowest BCUT2D eigenvalue weighted by Crippen LogP contribution is -2.50. The number of aryl methyl sites for hydroxylation is 2. The number of hydrogen-bond acceptors (Lipinski definition) is 4. The number of nitrogens with zero attached hydrogens (tertiary/aromatic N) is 3. The molecule has 0 spiro atoms. The van der Waals surface area contributed by atoms with Gasteiger partial charge in [0.15, 0.2) is 0 Å². The molecule has 0 unspecified atom stereocenters. The van der Waals surface area contributed by atoms with Gasteiger partial charge in [0.05, 0.1) is 31.5 Å². The largest absolute Gasteiger partial charge is 0.374 e. The minimum atomic E-state index is 0.0993. The number of aromatic nitrogens is 2. The van der Waals surface area contributed by atoms with E-state index in [1.807, 2.05) is 11.6 Å². The van der Waals surface area contributed by atoms with Crippen LogP contribution in [0.1, 0.15) is 37.1 Å². The number of morpholine rings is 1. The van der Waals surface area contributed by atoms with Gasteiger partial charge in [0, 0.05) is 24.8 Å². The predicted octanol–water partition coefficient (Wildman–Crippen LogP) is 1.51. The molecule has 0 radical (unpaired) electrons. The van der Waals surface area contributed by atoms with Crippen molar-refractivity contribution in [2.24, 2.45) is 11.8 Å². The number of carbonyl (C=O) groups excluding carboxylic acids is 1. The molecule has 0 bridgehead atoms. The Bertz CT molecular complexity index is 609. The summed E-state index contributed by atoms with van der Waals surface area (Å²) in [5.41, 5.74) is 2.20. The zero-order chi connectivity index (χ0) is 17.4. The Labute approximate surface area is 149 Å². The van der Waals surface area contributed by atoms with Gasteiger partial charge >= 0.3 is 0 Å². The van der Waals surface area contributed by atoms with Crippen molar-refractivity contribution in [3.63, 3.8) is 0 Å². The summed E-state index contributed by atoms with van der Waals surface area (Å²) < 4.78 is 7.91. The van der Waals surface area contributed by atoms with Crippen LogP contribution in [0.15, 0.2) is 6.07 Å². The van der Waals surface area contributed by atoms with Crippen molar-refractivity contribution < 1.29 is 9.53 Å². The third-order valence-corrected chi connectivity index (χ3v) is 5.66. The van der Waals surface area contributed by atoms with Gasteiger partial charge in [0.2, 0.25) is 5.91 Å². The van der Waals surface area contributed by atoms with Crippen molar-refractivity contribution in [1.29, 1.82) is 0 Å². The summed E-state index contributed by atoms with van der Waals surface area (Å²) in [6, 6.07) is 2.53. The first-order valence-electron chi connectivity index (χ1n) is 9.73. The monoisotopic (exact) mass is 346 g/mol. The summed E-state index contributed by atoms with van der Waals surface area (Å²) in [4.78, 5) is 14.7. The van der Waals surface area contributed by atoms with Crippen molar-refractivity contribution in [3.05, 3.63) is 17.5 Å². The molecule has 0 aromatic carbocycles. The van der Waals surface area contributed by atoms with E-state index in [-0.39, 0.29) is 12.0 Å². The molecular formula is C19H30N4O2. The van der Waals surface area contributed by atoms with Crippen LogP contribution in [-0.4, -0.2) is 59.0 Å². The van der Waals surface area contributed by atoms with Crippen LogP contribution >= 0.6 is 0 Å². The van der Waals surface area contributed by atoms with E-state index in [1.54, 1.807) is 0 Å². The summed E-state index contributed by atoms with van der Waals surface area (Å²) in [6.45, 7) is 7.65. The zero-order valence-electron chi connectivity index (χ0n) is 15.4. The molecule has 1 amide bonds. The number of hydrogen-bond donors (Lipinski definition) is 1. The molecule has 1 saturated heterocycles. The van der Waals surface area contributed by atoms with Crippen LogP contribution < -0.4 is 5.32 Å². The molecule has 6 heteroatoms. The normalized spacial score (nSPS) is 24.7. The minimum Gasteiger partial charge on any atom is -0.374 e. The molecule has 25 heavy (non-hydrogen) atoms. The summed E-state index contributed by atoms with van der Waals surface area (Å²) in [7, 11) is 0. The molecule has 1 aromatic heterocycles. The molecule has 138 valence electrons. The summed E-state index contributed by atoms with van der Waals surface area (Å²) in [5, 5.41) is 7.85. The van der Waals surface area contributed by atoms with Crippen molar-refractivity contribution in [2.75, 3.05) is 26.2 Å². The van der Waals surface area contributed by atoms with Gasteiger partial charge in [-0.3, -0.25) is 14.4 Å². The van der Waals surface area contributed by atoms with E-state index in [9.17, 15) is 4.79 Å². The maximum Gasteiger partial charge on any atom is 0.234 e. The Balaban J connectivity index is 1.27. The van der Waals surface area contributed by atoms with E-state index in [2.05, 4.69) is 28.3 Å². The lowest BCUT2D eigenvalue weighted by molar-refractivity contribution is -0.125. The Kier molecular flexibility index (Phi) is 4.82. The number of rotatable bonds is 7. The molecule has 2 saturated carbocycles. The number of nitrogens with one attached hydrogen (secondary N) is 1. The fourth-order valence-corrected chi connectivity index (χ4v) is 4.05. The fourth-order valence-electron chi connectivity index (χ4n) is 4.05. The first kappa shape index (κ1) is 17.0. The Hall–Kier alpha value is -1.40. The molecule has 3 fully saturated rings. The average molecular weight is 346 g/mol.